The van der Waals surface area contributed by atoms with Gasteiger partial charge in [-0.2, -0.15) is 0 Å². The molecule has 0 unspecified atom stereocenters. The number of hydrogen-bond donors (Lipinski definition) is 0. The Morgan fingerprint density at radius 3 is 2.50 bits per heavy atom. The molecule has 1 rings (SSSR count). The van der Waals surface area contributed by atoms with Crippen LogP contribution in [-0.4, -0.2) is 20.8 Å². The third-order valence-corrected chi connectivity index (χ3v) is 3.53. The van der Waals surface area contributed by atoms with Crippen LogP contribution in [0.2, 0.25) is 0 Å². The Hall–Kier alpha value is -0.880. The first kappa shape index (κ1) is 15.2. The zero-order valence-corrected chi connectivity index (χ0v) is 11.5. The third kappa shape index (κ3) is 5.18. The second-order valence-corrected chi connectivity index (χ2v) is 7.49. The first-order chi connectivity index (χ1) is 8.09. The minimum Gasteiger partial charge on any atom is -0.490 e. The summed E-state index contributed by atoms with van der Waals surface area (Å²) in [6.45, 7) is 3.10. The van der Waals surface area contributed by atoms with Crippen molar-refractivity contribution >= 4 is 19.7 Å². The van der Waals surface area contributed by atoms with Gasteiger partial charge in [0.25, 0.3) is 0 Å². The Kier molecular flexibility index (Phi) is 4.55. The highest BCUT2D eigenvalue weighted by Gasteiger charge is 2.26. The summed E-state index contributed by atoms with van der Waals surface area (Å²) in [5, 5.41) is 0. The van der Waals surface area contributed by atoms with Gasteiger partial charge in [0, 0.05) is 22.2 Å². The minimum absolute atomic E-state index is 0.0979. The third-order valence-electron chi connectivity index (χ3n) is 2.07. The molecule has 0 aromatic heterocycles. The zero-order chi connectivity index (χ0) is 14.0. The van der Waals surface area contributed by atoms with Crippen LogP contribution in [0.4, 0.5) is 8.78 Å². The number of rotatable bonds is 5. The van der Waals surface area contributed by atoms with Crippen molar-refractivity contribution in [3.63, 3.8) is 0 Å². The van der Waals surface area contributed by atoms with Crippen LogP contribution >= 0.6 is 10.7 Å². The highest BCUT2D eigenvalue weighted by molar-refractivity contribution is 8.13. The van der Waals surface area contributed by atoms with Gasteiger partial charge in [0.2, 0.25) is 9.05 Å². The maximum atomic E-state index is 13.2. The van der Waals surface area contributed by atoms with E-state index in [1.807, 2.05) is 0 Å². The Bertz CT molecular complexity index is 529. The molecule has 0 saturated heterocycles. The molecule has 102 valence electrons. The van der Waals surface area contributed by atoms with E-state index < -0.39 is 26.1 Å². The van der Waals surface area contributed by atoms with Crippen LogP contribution in [0.25, 0.3) is 0 Å². The molecule has 0 heterocycles. The maximum absolute atomic E-state index is 13.2. The van der Waals surface area contributed by atoms with Gasteiger partial charge < -0.3 is 4.74 Å². The standard InChI is InChI=1S/C11H13ClF2O3S/c1-11(2,7-18(12,15)16)6-17-10-5-8(13)3-4-9(10)14/h3-5H,6-7H2,1-2H3. The van der Waals surface area contributed by atoms with Crippen LogP contribution in [0.3, 0.4) is 0 Å². The molecule has 0 spiro atoms. The van der Waals surface area contributed by atoms with Crippen LogP contribution in [-0.2, 0) is 9.05 Å². The molecule has 0 aliphatic heterocycles. The van der Waals surface area contributed by atoms with Gasteiger partial charge in [-0.15, -0.1) is 0 Å². The van der Waals surface area contributed by atoms with Crippen LogP contribution < -0.4 is 4.74 Å². The molecule has 0 radical (unpaired) electrons. The van der Waals surface area contributed by atoms with E-state index in [1.54, 1.807) is 13.8 Å². The molecule has 0 atom stereocenters. The van der Waals surface area contributed by atoms with Crippen molar-refractivity contribution < 1.29 is 21.9 Å². The molecule has 7 heteroatoms. The molecule has 0 bridgehead atoms. The molecule has 1 aromatic rings. The zero-order valence-electron chi connectivity index (χ0n) is 9.91. The Labute approximate surface area is 109 Å². The number of halogens is 3. The molecular weight excluding hydrogens is 286 g/mol. The lowest BCUT2D eigenvalue weighted by atomic mass is 9.98. The van der Waals surface area contributed by atoms with Crippen molar-refractivity contribution in [3.05, 3.63) is 29.8 Å². The van der Waals surface area contributed by atoms with Crippen molar-refractivity contribution in [1.29, 1.82) is 0 Å². The van der Waals surface area contributed by atoms with Gasteiger partial charge in [-0.1, -0.05) is 13.8 Å². The van der Waals surface area contributed by atoms with E-state index in [-0.39, 0.29) is 18.1 Å². The monoisotopic (exact) mass is 298 g/mol. The summed E-state index contributed by atoms with van der Waals surface area (Å²) >= 11 is 0. The number of hydrogen-bond acceptors (Lipinski definition) is 3. The lowest BCUT2D eigenvalue weighted by Gasteiger charge is -2.23. The van der Waals surface area contributed by atoms with Gasteiger partial charge in [-0.25, -0.2) is 17.2 Å². The molecule has 0 aliphatic carbocycles. The van der Waals surface area contributed by atoms with Crippen molar-refractivity contribution in [2.45, 2.75) is 13.8 Å². The minimum atomic E-state index is -3.68. The topological polar surface area (TPSA) is 43.4 Å². The lowest BCUT2D eigenvalue weighted by molar-refractivity contribution is 0.192. The van der Waals surface area contributed by atoms with Gasteiger partial charge >= 0.3 is 0 Å². The smallest absolute Gasteiger partial charge is 0.233 e. The van der Waals surface area contributed by atoms with Gasteiger partial charge in [0.1, 0.15) is 5.82 Å². The lowest BCUT2D eigenvalue weighted by Crippen LogP contribution is -2.28. The average molecular weight is 299 g/mol. The molecule has 0 fully saturated rings. The van der Waals surface area contributed by atoms with E-state index in [0.717, 1.165) is 18.2 Å². The normalized spacial score (nSPS) is 12.5. The van der Waals surface area contributed by atoms with E-state index in [9.17, 15) is 17.2 Å². The molecule has 0 amide bonds. The summed E-state index contributed by atoms with van der Waals surface area (Å²) in [5.74, 6) is -1.91. The fourth-order valence-electron chi connectivity index (χ4n) is 1.37. The maximum Gasteiger partial charge on any atom is 0.233 e. The average Bonchev–Trinajstić information content (AvgIpc) is 2.16. The van der Waals surface area contributed by atoms with Gasteiger partial charge in [0.15, 0.2) is 11.6 Å². The van der Waals surface area contributed by atoms with E-state index in [2.05, 4.69) is 0 Å². The fraction of sp³-hybridized carbons (Fsp3) is 0.455. The highest BCUT2D eigenvalue weighted by Crippen LogP contribution is 2.24. The summed E-state index contributed by atoms with van der Waals surface area (Å²) in [4.78, 5) is 0. The second kappa shape index (κ2) is 5.40. The van der Waals surface area contributed by atoms with Crippen LogP contribution in [0.1, 0.15) is 13.8 Å². The van der Waals surface area contributed by atoms with Gasteiger partial charge in [-0.3, -0.25) is 0 Å². The molecule has 0 saturated carbocycles. The van der Waals surface area contributed by atoms with E-state index in [4.69, 9.17) is 15.4 Å². The Morgan fingerprint density at radius 2 is 1.94 bits per heavy atom. The van der Waals surface area contributed by atoms with Crippen LogP contribution in [0.5, 0.6) is 5.75 Å². The SMILES string of the molecule is CC(C)(COc1cc(F)ccc1F)CS(=O)(=O)Cl. The summed E-state index contributed by atoms with van der Waals surface area (Å²) in [5.41, 5.74) is -0.806. The van der Waals surface area contributed by atoms with Crippen LogP contribution in [0.15, 0.2) is 18.2 Å². The molecule has 3 nitrogen and oxygen atoms in total. The summed E-state index contributed by atoms with van der Waals surface area (Å²) in [6, 6.07) is 2.81. The van der Waals surface area contributed by atoms with Crippen molar-refractivity contribution in [2.24, 2.45) is 5.41 Å². The molecule has 0 aliphatic rings. The quantitative estimate of drug-likeness (QED) is 0.785. The van der Waals surface area contributed by atoms with Crippen molar-refractivity contribution in [3.8, 4) is 5.75 Å². The van der Waals surface area contributed by atoms with Crippen LogP contribution in [0, 0.1) is 17.0 Å². The second-order valence-electron chi connectivity index (χ2n) is 4.71. The predicted octanol–water partition coefficient (Wildman–Crippen LogP) is 2.94. The first-order valence-electron chi connectivity index (χ1n) is 5.09. The Morgan fingerprint density at radius 1 is 1.33 bits per heavy atom. The van der Waals surface area contributed by atoms with E-state index >= 15 is 0 Å². The number of benzene rings is 1. The fourth-order valence-corrected chi connectivity index (χ4v) is 3.27. The van der Waals surface area contributed by atoms with E-state index in [0.29, 0.717) is 0 Å². The summed E-state index contributed by atoms with van der Waals surface area (Å²) < 4.78 is 53.1. The largest absolute Gasteiger partial charge is 0.490 e. The van der Waals surface area contributed by atoms with Gasteiger partial charge in [-0.05, 0) is 12.1 Å². The number of ether oxygens (including phenoxy) is 1. The van der Waals surface area contributed by atoms with Crippen molar-refractivity contribution in [1.82, 2.24) is 0 Å². The summed E-state index contributed by atoms with van der Waals surface area (Å²) in [6.07, 6.45) is 0. The molecule has 0 N–H and O–H groups in total. The summed E-state index contributed by atoms with van der Waals surface area (Å²) in [7, 11) is 1.46. The Balaban J connectivity index is 2.72. The predicted molar refractivity (Wildman–Crippen MR) is 65.3 cm³/mol. The highest BCUT2D eigenvalue weighted by atomic mass is 35.7. The van der Waals surface area contributed by atoms with Crippen molar-refractivity contribution in [2.75, 3.05) is 12.4 Å². The molecular formula is C11H13ClF2O3S. The molecule has 18 heavy (non-hydrogen) atoms. The molecule has 1 aromatic carbocycles. The van der Waals surface area contributed by atoms with Gasteiger partial charge in [0.05, 0.1) is 12.4 Å². The van der Waals surface area contributed by atoms with E-state index in [1.165, 1.54) is 0 Å². The first-order valence-corrected chi connectivity index (χ1v) is 7.57.